The summed E-state index contributed by atoms with van der Waals surface area (Å²) in [7, 11) is -3.39. The van der Waals surface area contributed by atoms with Gasteiger partial charge < -0.3 is 9.46 Å². The minimum atomic E-state index is -3.39. The maximum absolute atomic E-state index is 16.4. The van der Waals surface area contributed by atoms with Gasteiger partial charge in [-0.2, -0.15) is 0 Å². The Bertz CT molecular complexity index is 2360. The third kappa shape index (κ3) is 6.04. The quantitative estimate of drug-likeness (QED) is 0.133. The van der Waals surface area contributed by atoms with E-state index in [1.54, 1.807) is 0 Å². The molecule has 5 aromatic rings. The molecule has 0 bridgehead atoms. The number of dihydropyridines is 1. The molecule has 0 aliphatic carbocycles. The van der Waals surface area contributed by atoms with E-state index in [2.05, 4.69) is 130 Å². The fourth-order valence-electron chi connectivity index (χ4n) is 7.66. The molecule has 0 amide bonds. The summed E-state index contributed by atoms with van der Waals surface area (Å²) in [6.45, 7) is 16.7. The number of aliphatic imine (C=N–C) groups is 1. The molecule has 1 atom stereocenters. The van der Waals surface area contributed by atoms with E-state index in [1.807, 2.05) is 42.7 Å². The summed E-state index contributed by atoms with van der Waals surface area (Å²) in [4.78, 5) is 12.1. The molecule has 0 fully saturated rings. The van der Waals surface area contributed by atoms with Crippen LogP contribution in [0.4, 0.5) is 5.69 Å². The molecule has 1 unspecified atom stereocenters. The summed E-state index contributed by atoms with van der Waals surface area (Å²) >= 11 is 0. The lowest BCUT2D eigenvalue weighted by molar-refractivity contribution is -0.518. The van der Waals surface area contributed by atoms with Crippen LogP contribution in [0.1, 0.15) is 49.9 Å². The molecule has 2 aliphatic heterocycles. The number of benzene rings is 4. The molecule has 51 heavy (non-hydrogen) atoms. The lowest BCUT2D eigenvalue weighted by Gasteiger charge is -2.31. The van der Waals surface area contributed by atoms with Crippen molar-refractivity contribution in [2.75, 3.05) is 31.1 Å². The van der Waals surface area contributed by atoms with Crippen molar-refractivity contribution in [2.24, 2.45) is 4.99 Å². The van der Waals surface area contributed by atoms with Crippen molar-refractivity contribution >= 4 is 51.9 Å². The molecule has 5 nitrogen and oxygen atoms in total. The number of aromatic nitrogens is 1. The van der Waals surface area contributed by atoms with Crippen molar-refractivity contribution in [3.05, 3.63) is 148 Å². The number of anilines is 1. The van der Waals surface area contributed by atoms with E-state index in [0.717, 1.165) is 92.0 Å². The van der Waals surface area contributed by atoms with Crippen molar-refractivity contribution in [3.8, 4) is 11.3 Å². The third-order valence-corrected chi connectivity index (χ3v) is 13.5. The Morgan fingerprint density at radius 3 is 2.12 bits per heavy atom. The fourth-order valence-corrected chi connectivity index (χ4v) is 10.8. The summed E-state index contributed by atoms with van der Waals surface area (Å²) in [5.41, 5.74) is 10.6. The van der Waals surface area contributed by atoms with Gasteiger partial charge in [0.2, 0.25) is 5.71 Å². The van der Waals surface area contributed by atoms with E-state index >= 15 is 4.57 Å². The van der Waals surface area contributed by atoms with Crippen LogP contribution in [0.15, 0.2) is 120 Å². The first-order valence-electron chi connectivity index (χ1n) is 18.1. The van der Waals surface area contributed by atoms with Crippen LogP contribution in [0.2, 0.25) is 0 Å². The van der Waals surface area contributed by atoms with Crippen LogP contribution in [0.5, 0.6) is 0 Å². The number of aryl methyl sites for hydroxylation is 2. The zero-order valence-electron chi connectivity index (χ0n) is 30.5. The molecule has 0 spiro atoms. The number of allylic oxidation sites excluding steroid dienone is 1. The van der Waals surface area contributed by atoms with Gasteiger partial charge in [0, 0.05) is 45.9 Å². The van der Waals surface area contributed by atoms with E-state index in [-0.39, 0.29) is 0 Å². The minimum absolute atomic E-state index is 0.817. The van der Waals surface area contributed by atoms with E-state index < -0.39 is 7.14 Å². The van der Waals surface area contributed by atoms with Crippen molar-refractivity contribution in [2.45, 2.75) is 41.5 Å². The van der Waals surface area contributed by atoms with Crippen molar-refractivity contribution in [1.29, 1.82) is 0 Å². The van der Waals surface area contributed by atoms with Gasteiger partial charge in [0.15, 0.2) is 7.14 Å². The monoisotopic (exact) mass is 689 g/mol. The predicted octanol–water partition coefficient (Wildman–Crippen LogP) is 6.65. The second-order valence-corrected chi connectivity index (χ2v) is 15.9. The van der Waals surface area contributed by atoms with Gasteiger partial charge in [-0.3, -0.25) is 4.98 Å². The molecule has 0 radical (unpaired) electrons. The van der Waals surface area contributed by atoms with Crippen LogP contribution >= 0.6 is 7.14 Å². The highest BCUT2D eigenvalue weighted by Gasteiger charge is 2.38. The first kappa shape index (κ1) is 34.3. The summed E-state index contributed by atoms with van der Waals surface area (Å²) in [6, 6.07) is 33.6. The second kappa shape index (κ2) is 14.2. The molecule has 3 heterocycles. The first-order valence-corrected chi connectivity index (χ1v) is 19.8. The predicted molar refractivity (Wildman–Crippen MR) is 217 cm³/mol. The summed E-state index contributed by atoms with van der Waals surface area (Å²) in [5.74, 6) is 0. The zero-order chi connectivity index (χ0) is 35.7. The Hall–Kier alpha value is -5.12. The summed E-state index contributed by atoms with van der Waals surface area (Å²) < 4.78 is 18.7. The number of hydrogen-bond acceptors (Lipinski definition) is 4. The maximum atomic E-state index is 16.4. The van der Waals surface area contributed by atoms with Crippen LogP contribution in [0.3, 0.4) is 0 Å². The summed E-state index contributed by atoms with van der Waals surface area (Å²) in [6.07, 6.45) is 8.13. The lowest BCUT2D eigenvalue weighted by atomic mass is 9.88. The van der Waals surface area contributed by atoms with Gasteiger partial charge in [-0.15, -0.1) is 0 Å². The molecule has 6 heteroatoms. The Kier molecular flexibility index (Phi) is 9.59. The second-order valence-electron chi connectivity index (χ2n) is 13.2. The normalized spacial score (nSPS) is 17.3. The van der Waals surface area contributed by atoms with Gasteiger partial charge in [-0.1, -0.05) is 72.8 Å². The van der Waals surface area contributed by atoms with Crippen LogP contribution < -0.4 is 31.3 Å². The van der Waals surface area contributed by atoms with Crippen molar-refractivity contribution < 1.29 is 9.14 Å². The molecule has 0 N–H and O–H groups in total. The van der Waals surface area contributed by atoms with Gasteiger partial charge in [0.25, 0.3) is 0 Å². The Morgan fingerprint density at radius 1 is 0.745 bits per heavy atom. The number of hydrogen-bond donors (Lipinski definition) is 0. The molecule has 2 aliphatic rings. The molecule has 0 saturated heterocycles. The highest BCUT2D eigenvalue weighted by atomic mass is 31.2. The molecule has 256 valence electrons. The van der Waals surface area contributed by atoms with E-state index in [4.69, 9.17) is 9.98 Å². The van der Waals surface area contributed by atoms with Gasteiger partial charge >= 0.3 is 0 Å². The zero-order valence-corrected chi connectivity index (χ0v) is 31.4. The average Bonchev–Trinajstić information content (AvgIpc) is 3.17. The van der Waals surface area contributed by atoms with Gasteiger partial charge in [0.1, 0.15) is 13.1 Å². The van der Waals surface area contributed by atoms with Gasteiger partial charge in [-0.05, 0) is 105 Å². The minimum Gasteiger partial charge on any atom is -0.371 e. The summed E-state index contributed by atoms with van der Waals surface area (Å²) in [5, 5.41) is 4.45. The molecule has 1 aromatic heterocycles. The third-order valence-electron chi connectivity index (χ3n) is 10.4. The molecule has 7 rings (SSSR count). The van der Waals surface area contributed by atoms with E-state index in [1.165, 1.54) is 16.7 Å². The first-order chi connectivity index (χ1) is 24.8. The van der Waals surface area contributed by atoms with Crippen LogP contribution in [-0.2, 0) is 4.57 Å². The maximum Gasteiger partial charge on any atom is 0.218 e. The molecule has 4 aromatic carbocycles. The Balaban J connectivity index is 1.54. The van der Waals surface area contributed by atoms with Crippen LogP contribution in [0, 0.1) is 13.8 Å². The van der Waals surface area contributed by atoms with Crippen LogP contribution in [-0.4, -0.2) is 47.7 Å². The molecule has 0 saturated carbocycles. The average molecular weight is 690 g/mol. The van der Waals surface area contributed by atoms with Gasteiger partial charge in [-0.25, -0.2) is 9.57 Å². The smallest absolute Gasteiger partial charge is 0.218 e. The van der Waals surface area contributed by atoms with Crippen molar-refractivity contribution in [1.82, 2.24) is 4.98 Å². The lowest BCUT2D eigenvalue weighted by Crippen LogP contribution is -2.43. The molecular weight excluding hydrogens is 643 g/mol. The largest absolute Gasteiger partial charge is 0.371 e. The SMILES string of the molecule is CCN(CC)c1ccc(-c2ccc3c(c2)P(=O)(c2ccccc2)c2c/c(=C4\C=CC(=[N+](CC)CC)C=N4)ccc2=C3c2c(C)cccc2C)nc1. The van der Waals surface area contributed by atoms with Crippen molar-refractivity contribution in [3.63, 3.8) is 0 Å². The van der Waals surface area contributed by atoms with E-state index in [9.17, 15) is 0 Å². The fraction of sp³-hybridized carbons (Fsp3) is 0.222. The molecular formula is C45H46N4OP+. The standard InChI is InChI=1S/C45H46N4OP/c1-7-48(8-2)35-21-25-40(46-29-35)33-19-23-38-42(27-33)51(50,37-17-12-11-13-18-37)43-28-34(41-26-22-36(30-47-41)49(9-3)10-4)20-24-39(43)45(38)44-31(5)15-14-16-32(44)6/h11-30H,7-10H2,1-6H3/q+1. The van der Waals surface area contributed by atoms with Crippen LogP contribution in [0.25, 0.3) is 22.5 Å². The van der Waals surface area contributed by atoms with E-state index in [0.29, 0.717) is 0 Å². The number of rotatable bonds is 8. The number of nitrogens with zero attached hydrogens (tertiary/aromatic N) is 4. The topological polar surface area (TPSA) is 48.6 Å². The number of fused-ring (bicyclic) bond motifs is 2. The Labute approximate surface area is 302 Å². The highest BCUT2D eigenvalue weighted by Crippen LogP contribution is 2.47. The van der Waals surface area contributed by atoms with Gasteiger partial charge in [0.05, 0.1) is 29.5 Å². The highest BCUT2D eigenvalue weighted by molar-refractivity contribution is 7.85. The number of pyridine rings is 1. The Morgan fingerprint density at radius 2 is 1.49 bits per heavy atom.